The number of carbonyl (C=O) groups excluding carboxylic acids is 3. The standard InChI is InChI=1S/C33H33Cl2N3O7S/c1-33(2,3)45-32(41)37-19-22-10-8-21(9-11-22)18-36-31(40)29-7-5-6-23-14-26(12-13-28(23)29)38(20-30(39)44-4)46(42,43)27-16-24(34)15-25(35)17-27/h5-17H,18-20H2,1-4H3,(H,36,40)(H,37,41). The van der Waals surface area contributed by atoms with Gasteiger partial charge >= 0.3 is 12.1 Å². The molecule has 242 valence electrons. The van der Waals surface area contributed by atoms with Gasteiger partial charge in [0.2, 0.25) is 0 Å². The number of benzene rings is 4. The van der Waals surface area contributed by atoms with Crippen LogP contribution < -0.4 is 14.9 Å². The molecule has 0 heterocycles. The number of alkyl carbamates (subject to hydrolysis) is 1. The molecule has 2 N–H and O–H groups in total. The van der Waals surface area contributed by atoms with Crippen LogP contribution in [0.1, 0.15) is 42.3 Å². The van der Waals surface area contributed by atoms with Gasteiger partial charge in [0, 0.05) is 28.7 Å². The van der Waals surface area contributed by atoms with Gasteiger partial charge in [-0.1, -0.05) is 65.7 Å². The Labute approximate surface area is 277 Å². The highest BCUT2D eigenvalue weighted by molar-refractivity contribution is 7.92. The molecule has 0 aliphatic carbocycles. The summed E-state index contributed by atoms with van der Waals surface area (Å²) < 4.78 is 38.2. The molecule has 4 aromatic rings. The van der Waals surface area contributed by atoms with E-state index in [1.54, 1.807) is 51.1 Å². The summed E-state index contributed by atoms with van der Waals surface area (Å²) in [6.07, 6.45) is -0.505. The van der Waals surface area contributed by atoms with Gasteiger partial charge in [0.05, 0.1) is 17.7 Å². The number of rotatable bonds is 10. The van der Waals surface area contributed by atoms with Gasteiger partial charge in [-0.05, 0) is 79.1 Å². The molecule has 4 aromatic carbocycles. The second-order valence-electron chi connectivity index (χ2n) is 11.3. The van der Waals surface area contributed by atoms with Crippen LogP contribution in [0.5, 0.6) is 0 Å². The van der Waals surface area contributed by atoms with Crippen molar-refractivity contribution < 1.29 is 32.3 Å². The highest BCUT2D eigenvalue weighted by Gasteiger charge is 2.29. The van der Waals surface area contributed by atoms with Crippen molar-refractivity contribution >= 4 is 67.7 Å². The summed E-state index contributed by atoms with van der Waals surface area (Å²) >= 11 is 12.1. The molecule has 2 amide bonds. The van der Waals surface area contributed by atoms with Crippen LogP contribution in [-0.2, 0) is 37.4 Å². The molecule has 0 fully saturated rings. The van der Waals surface area contributed by atoms with Crippen LogP contribution in [0, 0.1) is 0 Å². The zero-order valence-electron chi connectivity index (χ0n) is 25.6. The van der Waals surface area contributed by atoms with Crippen LogP contribution in [0.15, 0.2) is 83.8 Å². The van der Waals surface area contributed by atoms with Crippen molar-refractivity contribution in [1.82, 2.24) is 10.6 Å². The van der Waals surface area contributed by atoms with Crippen LogP contribution in [0.3, 0.4) is 0 Å². The lowest BCUT2D eigenvalue weighted by Gasteiger charge is -2.24. The highest BCUT2D eigenvalue weighted by atomic mass is 35.5. The number of anilines is 1. The molecule has 46 heavy (non-hydrogen) atoms. The number of halogens is 2. The van der Waals surface area contributed by atoms with Crippen molar-refractivity contribution in [3.8, 4) is 0 Å². The number of hydrogen-bond acceptors (Lipinski definition) is 7. The summed E-state index contributed by atoms with van der Waals surface area (Å²) in [5.74, 6) is -1.11. The van der Waals surface area contributed by atoms with E-state index in [-0.39, 0.29) is 33.1 Å². The third kappa shape index (κ3) is 8.90. The summed E-state index contributed by atoms with van der Waals surface area (Å²) in [6.45, 7) is 5.32. The maximum Gasteiger partial charge on any atom is 0.407 e. The number of amides is 2. The van der Waals surface area contributed by atoms with Crippen molar-refractivity contribution in [3.63, 3.8) is 0 Å². The molecule has 0 spiro atoms. The first kappa shape index (κ1) is 34.6. The normalized spacial score (nSPS) is 11.5. The lowest BCUT2D eigenvalue weighted by atomic mass is 10.0. The quantitative estimate of drug-likeness (QED) is 0.183. The zero-order valence-corrected chi connectivity index (χ0v) is 27.9. The second kappa shape index (κ2) is 14.4. The van der Waals surface area contributed by atoms with Gasteiger partial charge in [0.25, 0.3) is 15.9 Å². The topological polar surface area (TPSA) is 131 Å². The Morgan fingerprint density at radius 3 is 2.02 bits per heavy atom. The molecule has 4 rings (SSSR count). The second-order valence-corrected chi connectivity index (χ2v) is 14.0. The summed E-state index contributed by atoms with van der Waals surface area (Å²) in [7, 11) is -3.14. The lowest BCUT2D eigenvalue weighted by Crippen LogP contribution is -2.36. The molecule has 0 saturated heterocycles. The molecule has 0 radical (unpaired) electrons. The van der Waals surface area contributed by atoms with E-state index >= 15 is 0 Å². The van der Waals surface area contributed by atoms with E-state index in [4.69, 9.17) is 32.7 Å². The molecule has 0 aromatic heterocycles. The van der Waals surface area contributed by atoms with E-state index in [2.05, 4.69) is 10.6 Å². The summed E-state index contributed by atoms with van der Waals surface area (Å²) in [5.41, 5.74) is 1.69. The maximum atomic E-state index is 13.7. The smallest absolute Gasteiger partial charge is 0.407 e. The van der Waals surface area contributed by atoms with E-state index in [1.165, 1.54) is 24.3 Å². The van der Waals surface area contributed by atoms with Gasteiger partial charge in [0.15, 0.2) is 0 Å². The van der Waals surface area contributed by atoms with E-state index in [1.807, 2.05) is 24.3 Å². The van der Waals surface area contributed by atoms with Crippen molar-refractivity contribution in [2.45, 2.75) is 44.4 Å². The minimum Gasteiger partial charge on any atom is -0.468 e. The Hall–Kier alpha value is -4.32. The Morgan fingerprint density at radius 2 is 1.43 bits per heavy atom. The Bertz CT molecular complexity index is 1850. The van der Waals surface area contributed by atoms with Gasteiger partial charge in [-0.2, -0.15) is 0 Å². The first-order chi connectivity index (χ1) is 21.7. The molecule has 0 aliphatic heterocycles. The van der Waals surface area contributed by atoms with Gasteiger partial charge in [0.1, 0.15) is 12.1 Å². The minimum absolute atomic E-state index is 0.115. The van der Waals surface area contributed by atoms with E-state index < -0.39 is 34.2 Å². The summed E-state index contributed by atoms with van der Waals surface area (Å²) in [5, 5.41) is 6.99. The minimum atomic E-state index is -4.30. The average Bonchev–Trinajstić information content (AvgIpc) is 2.99. The number of esters is 1. The number of sulfonamides is 1. The Kier molecular flexibility index (Phi) is 10.8. The predicted molar refractivity (Wildman–Crippen MR) is 178 cm³/mol. The van der Waals surface area contributed by atoms with Crippen molar-refractivity contribution in [2.75, 3.05) is 18.0 Å². The van der Waals surface area contributed by atoms with Crippen LogP contribution in [0.2, 0.25) is 10.0 Å². The van der Waals surface area contributed by atoms with Gasteiger partial charge < -0.3 is 20.1 Å². The number of nitrogens with one attached hydrogen (secondary N) is 2. The zero-order chi connectivity index (χ0) is 33.6. The lowest BCUT2D eigenvalue weighted by molar-refractivity contribution is -0.138. The van der Waals surface area contributed by atoms with Crippen LogP contribution >= 0.6 is 23.2 Å². The van der Waals surface area contributed by atoms with Gasteiger partial charge in [-0.3, -0.25) is 13.9 Å². The van der Waals surface area contributed by atoms with Crippen molar-refractivity contribution in [1.29, 1.82) is 0 Å². The Morgan fingerprint density at radius 1 is 0.826 bits per heavy atom. The number of hydrogen-bond donors (Lipinski definition) is 2. The van der Waals surface area contributed by atoms with E-state index in [0.29, 0.717) is 22.9 Å². The predicted octanol–water partition coefficient (Wildman–Crippen LogP) is 6.47. The summed E-state index contributed by atoms with van der Waals surface area (Å²) in [4.78, 5) is 37.2. The molecule has 0 bridgehead atoms. The monoisotopic (exact) mass is 685 g/mol. The number of fused-ring (bicyclic) bond motifs is 1. The van der Waals surface area contributed by atoms with Crippen molar-refractivity contribution in [3.05, 3.63) is 106 Å². The average molecular weight is 687 g/mol. The fourth-order valence-electron chi connectivity index (χ4n) is 4.47. The third-order valence-corrected chi connectivity index (χ3v) is 8.82. The first-order valence-corrected chi connectivity index (χ1v) is 16.3. The molecule has 0 saturated carbocycles. The van der Waals surface area contributed by atoms with E-state index in [0.717, 1.165) is 22.5 Å². The van der Waals surface area contributed by atoms with Gasteiger partial charge in [-0.25, -0.2) is 13.2 Å². The molecule has 0 atom stereocenters. The molecular weight excluding hydrogens is 653 g/mol. The van der Waals surface area contributed by atoms with Crippen LogP contribution in [-0.4, -0.2) is 45.6 Å². The Balaban J connectivity index is 1.51. The number of carbonyl (C=O) groups is 3. The number of ether oxygens (including phenoxy) is 2. The van der Waals surface area contributed by atoms with Crippen molar-refractivity contribution in [2.24, 2.45) is 0 Å². The number of nitrogens with zero attached hydrogens (tertiary/aromatic N) is 1. The van der Waals surface area contributed by atoms with Crippen LogP contribution in [0.4, 0.5) is 10.5 Å². The highest BCUT2D eigenvalue weighted by Crippen LogP contribution is 2.31. The SMILES string of the molecule is COC(=O)CN(c1ccc2c(C(=O)NCc3ccc(CNC(=O)OC(C)(C)C)cc3)cccc2c1)S(=O)(=O)c1cc(Cl)cc(Cl)c1. The van der Waals surface area contributed by atoms with E-state index in [9.17, 15) is 22.8 Å². The fraction of sp³-hybridized carbons (Fsp3) is 0.242. The third-order valence-electron chi connectivity index (χ3n) is 6.63. The number of methoxy groups -OCH3 is 1. The van der Waals surface area contributed by atoms with Gasteiger partial charge in [-0.15, -0.1) is 0 Å². The molecule has 0 unspecified atom stereocenters. The summed E-state index contributed by atoms with van der Waals surface area (Å²) in [6, 6.07) is 21.1. The van der Waals surface area contributed by atoms with Crippen LogP contribution in [0.25, 0.3) is 10.8 Å². The fourth-order valence-corrected chi connectivity index (χ4v) is 6.59. The molecule has 0 aliphatic rings. The maximum absolute atomic E-state index is 13.7. The molecule has 10 nitrogen and oxygen atoms in total. The first-order valence-electron chi connectivity index (χ1n) is 14.1. The molecular formula is C33H33Cl2N3O7S. The largest absolute Gasteiger partial charge is 0.468 e. The molecule has 13 heteroatoms.